The van der Waals surface area contributed by atoms with E-state index in [9.17, 15) is 8.78 Å². The molecule has 1 fully saturated rings. The Kier molecular flexibility index (Phi) is 5.28. The predicted octanol–water partition coefficient (Wildman–Crippen LogP) is 3.19. The van der Waals surface area contributed by atoms with Gasteiger partial charge in [-0.05, 0) is 43.8 Å². The number of piperidine rings is 1. The number of benzene rings is 1. The molecule has 19 heavy (non-hydrogen) atoms. The van der Waals surface area contributed by atoms with Crippen molar-refractivity contribution >= 4 is 0 Å². The van der Waals surface area contributed by atoms with Crippen LogP contribution in [0.5, 0.6) is 0 Å². The van der Waals surface area contributed by atoms with Crippen molar-refractivity contribution in [3.05, 3.63) is 35.4 Å². The van der Waals surface area contributed by atoms with Gasteiger partial charge in [0.15, 0.2) is 0 Å². The van der Waals surface area contributed by atoms with Crippen molar-refractivity contribution in [1.29, 1.82) is 0 Å². The van der Waals surface area contributed by atoms with Crippen molar-refractivity contribution in [3.8, 4) is 0 Å². The van der Waals surface area contributed by atoms with Crippen LogP contribution in [0.4, 0.5) is 8.78 Å². The van der Waals surface area contributed by atoms with Crippen LogP contribution < -0.4 is 5.73 Å². The van der Waals surface area contributed by atoms with Gasteiger partial charge in [-0.25, -0.2) is 8.78 Å². The third-order valence-corrected chi connectivity index (χ3v) is 3.82. The average Bonchev–Trinajstić information content (AvgIpc) is 2.40. The summed E-state index contributed by atoms with van der Waals surface area (Å²) in [5.74, 6) is 0.694. The summed E-state index contributed by atoms with van der Waals surface area (Å²) in [4.78, 5) is 2.40. The monoisotopic (exact) mass is 268 g/mol. The molecule has 0 aliphatic carbocycles. The minimum Gasteiger partial charge on any atom is -0.330 e. The quantitative estimate of drug-likeness (QED) is 0.888. The smallest absolute Gasteiger partial charge is 0.263 e. The van der Waals surface area contributed by atoms with Gasteiger partial charge in [0.25, 0.3) is 6.43 Å². The number of hydrogen-bond acceptors (Lipinski definition) is 2. The van der Waals surface area contributed by atoms with Crippen LogP contribution in [0.2, 0.25) is 0 Å². The first-order valence-electron chi connectivity index (χ1n) is 6.98. The highest BCUT2D eigenvalue weighted by Crippen LogP contribution is 2.22. The summed E-state index contributed by atoms with van der Waals surface area (Å²) in [6.07, 6.45) is 1.18. The zero-order valence-electron chi connectivity index (χ0n) is 11.2. The molecule has 0 bridgehead atoms. The van der Waals surface area contributed by atoms with Crippen LogP contribution in [0.25, 0.3) is 0 Å². The largest absolute Gasteiger partial charge is 0.330 e. The minimum atomic E-state index is -2.38. The van der Waals surface area contributed by atoms with E-state index >= 15 is 0 Å². The second-order valence-corrected chi connectivity index (χ2v) is 5.36. The highest BCUT2D eigenvalue weighted by atomic mass is 19.3. The highest BCUT2D eigenvalue weighted by molar-refractivity contribution is 5.23. The lowest BCUT2D eigenvalue weighted by Gasteiger charge is -2.32. The fraction of sp³-hybridized carbons (Fsp3) is 0.600. The van der Waals surface area contributed by atoms with Crippen LogP contribution in [0.15, 0.2) is 24.3 Å². The normalized spacial score (nSPS) is 20.9. The zero-order chi connectivity index (χ0) is 13.7. The van der Waals surface area contributed by atoms with Crippen molar-refractivity contribution < 1.29 is 8.78 Å². The van der Waals surface area contributed by atoms with Gasteiger partial charge in [-0.3, -0.25) is 4.90 Å². The van der Waals surface area contributed by atoms with Crippen molar-refractivity contribution in [2.24, 2.45) is 11.7 Å². The van der Waals surface area contributed by atoms with Crippen molar-refractivity contribution in [2.45, 2.75) is 32.2 Å². The Morgan fingerprint density at radius 2 is 2.00 bits per heavy atom. The van der Waals surface area contributed by atoms with Crippen LogP contribution in [0, 0.1) is 5.92 Å². The molecule has 1 aliphatic heterocycles. The lowest BCUT2D eigenvalue weighted by atomic mass is 9.94. The molecule has 106 valence electrons. The molecular weight excluding hydrogens is 246 g/mol. The number of likely N-dealkylation sites (tertiary alicyclic amines) is 1. The summed E-state index contributed by atoms with van der Waals surface area (Å²) in [7, 11) is 0. The molecule has 1 aromatic carbocycles. The first-order chi connectivity index (χ1) is 9.19. The molecule has 1 aliphatic rings. The van der Waals surface area contributed by atoms with E-state index in [1.165, 1.54) is 25.0 Å². The molecule has 1 atom stereocenters. The Morgan fingerprint density at radius 1 is 1.26 bits per heavy atom. The average molecular weight is 268 g/mol. The van der Waals surface area contributed by atoms with E-state index in [1.807, 2.05) is 12.1 Å². The van der Waals surface area contributed by atoms with Gasteiger partial charge < -0.3 is 5.73 Å². The maximum Gasteiger partial charge on any atom is 0.263 e. The van der Waals surface area contributed by atoms with E-state index in [0.29, 0.717) is 5.92 Å². The Morgan fingerprint density at radius 3 is 2.63 bits per heavy atom. The third-order valence-electron chi connectivity index (χ3n) is 3.82. The molecule has 0 aromatic heterocycles. The topological polar surface area (TPSA) is 29.3 Å². The first-order valence-corrected chi connectivity index (χ1v) is 6.98. The molecule has 1 saturated heterocycles. The molecule has 2 nitrogen and oxygen atoms in total. The Bertz CT molecular complexity index is 376. The molecule has 0 amide bonds. The summed E-state index contributed by atoms with van der Waals surface area (Å²) in [5, 5.41) is 0. The van der Waals surface area contributed by atoms with Crippen molar-refractivity contribution in [3.63, 3.8) is 0 Å². The van der Waals surface area contributed by atoms with Gasteiger partial charge in [-0.15, -0.1) is 0 Å². The molecule has 0 radical (unpaired) electrons. The van der Waals surface area contributed by atoms with Crippen LogP contribution >= 0.6 is 0 Å². The molecule has 1 unspecified atom stereocenters. The minimum absolute atomic E-state index is 0.100. The number of rotatable bonds is 5. The first kappa shape index (κ1) is 14.4. The number of halogens is 2. The predicted molar refractivity (Wildman–Crippen MR) is 73.1 cm³/mol. The van der Waals surface area contributed by atoms with E-state index in [-0.39, 0.29) is 5.56 Å². The number of nitrogens with two attached hydrogens (primary N) is 1. The van der Waals surface area contributed by atoms with Gasteiger partial charge in [-0.1, -0.05) is 24.3 Å². The number of alkyl halides is 2. The standard InChI is InChI=1S/C15H22F2N2/c16-15(17)14-5-3-13(4-6-14)11-19-9-1-2-12(10-19)7-8-18/h3-6,12,15H,1-2,7-11,18H2. The molecule has 4 heteroatoms. The fourth-order valence-electron chi connectivity index (χ4n) is 2.79. The summed E-state index contributed by atoms with van der Waals surface area (Å²) in [6.45, 7) is 3.78. The van der Waals surface area contributed by atoms with E-state index in [1.54, 1.807) is 0 Å². The zero-order valence-corrected chi connectivity index (χ0v) is 11.2. The van der Waals surface area contributed by atoms with Gasteiger partial charge in [0, 0.05) is 18.7 Å². The highest BCUT2D eigenvalue weighted by Gasteiger charge is 2.19. The van der Waals surface area contributed by atoms with E-state index in [4.69, 9.17) is 5.73 Å². The van der Waals surface area contributed by atoms with E-state index in [2.05, 4.69) is 4.90 Å². The summed E-state index contributed by atoms with van der Waals surface area (Å²) >= 11 is 0. The van der Waals surface area contributed by atoms with Crippen LogP contribution in [0.1, 0.15) is 36.8 Å². The SMILES string of the molecule is NCCC1CCCN(Cc2ccc(C(F)F)cc2)C1. The summed E-state index contributed by atoms with van der Waals surface area (Å²) < 4.78 is 24.9. The van der Waals surface area contributed by atoms with Crippen LogP contribution in [0.3, 0.4) is 0 Å². The van der Waals surface area contributed by atoms with Gasteiger partial charge in [-0.2, -0.15) is 0 Å². The summed E-state index contributed by atoms with van der Waals surface area (Å²) in [5.41, 5.74) is 6.82. The molecule has 0 saturated carbocycles. The van der Waals surface area contributed by atoms with E-state index in [0.717, 1.165) is 38.2 Å². The maximum absolute atomic E-state index is 12.5. The number of hydrogen-bond donors (Lipinski definition) is 1. The molecule has 1 heterocycles. The molecular formula is C15H22F2N2. The second kappa shape index (κ2) is 6.96. The molecule has 2 rings (SSSR count). The van der Waals surface area contributed by atoms with Crippen molar-refractivity contribution in [2.75, 3.05) is 19.6 Å². The summed E-state index contributed by atoms with van der Waals surface area (Å²) in [6, 6.07) is 6.69. The van der Waals surface area contributed by atoms with Gasteiger partial charge in [0.1, 0.15) is 0 Å². The van der Waals surface area contributed by atoms with Gasteiger partial charge in [0.05, 0.1) is 0 Å². The maximum atomic E-state index is 12.5. The van der Waals surface area contributed by atoms with Crippen molar-refractivity contribution in [1.82, 2.24) is 4.90 Å². The molecule has 1 aromatic rings. The fourth-order valence-corrected chi connectivity index (χ4v) is 2.79. The molecule has 0 spiro atoms. The van der Waals surface area contributed by atoms with Crippen LogP contribution in [-0.4, -0.2) is 24.5 Å². The third kappa shape index (κ3) is 4.25. The lowest BCUT2D eigenvalue weighted by molar-refractivity contribution is 0.151. The van der Waals surface area contributed by atoms with Gasteiger partial charge >= 0.3 is 0 Å². The van der Waals surface area contributed by atoms with Gasteiger partial charge in [0.2, 0.25) is 0 Å². The Hall–Kier alpha value is -1.00. The lowest BCUT2D eigenvalue weighted by Crippen LogP contribution is -2.35. The molecule has 2 N–H and O–H groups in total. The number of nitrogens with zero attached hydrogens (tertiary/aromatic N) is 1. The Balaban J connectivity index is 1.89. The Labute approximate surface area is 113 Å². The van der Waals surface area contributed by atoms with E-state index < -0.39 is 6.43 Å². The second-order valence-electron chi connectivity index (χ2n) is 5.36. The van der Waals surface area contributed by atoms with Crippen LogP contribution in [-0.2, 0) is 6.54 Å².